The SMILES string of the molecule is O=S1(=O)CC[C@@H](N(C2CC2)S(=O)(=O)c2cccc(Br)c2)C1. The first kappa shape index (κ1) is 15.5. The zero-order valence-electron chi connectivity index (χ0n) is 11.3. The predicted molar refractivity (Wildman–Crippen MR) is 83.2 cm³/mol. The summed E-state index contributed by atoms with van der Waals surface area (Å²) in [5, 5.41) is 0. The van der Waals surface area contributed by atoms with Crippen LogP contribution < -0.4 is 0 Å². The van der Waals surface area contributed by atoms with Crippen LogP contribution >= 0.6 is 15.9 Å². The fourth-order valence-corrected chi connectivity index (χ4v) is 7.05. The maximum atomic E-state index is 12.9. The van der Waals surface area contributed by atoms with Crippen molar-refractivity contribution >= 4 is 35.8 Å². The van der Waals surface area contributed by atoms with Gasteiger partial charge in [0.1, 0.15) is 0 Å². The number of sulfone groups is 1. The van der Waals surface area contributed by atoms with Gasteiger partial charge in [0.15, 0.2) is 9.84 Å². The highest BCUT2D eigenvalue weighted by molar-refractivity contribution is 9.10. The Kier molecular flexibility index (Phi) is 3.92. The molecule has 1 aliphatic carbocycles. The zero-order valence-corrected chi connectivity index (χ0v) is 14.5. The summed E-state index contributed by atoms with van der Waals surface area (Å²) in [6.45, 7) is 0. The number of rotatable bonds is 4. The number of hydrogen-bond acceptors (Lipinski definition) is 4. The molecule has 1 aliphatic heterocycles. The molecule has 2 aliphatic rings. The van der Waals surface area contributed by atoms with E-state index in [1.807, 2.05) is 0 Å². The Morgan fingerprint density at radius 1 is 1.14 bits per heavy atom. The van der Waals surface area contributed by atoms with Gasteiger partial charge in [-0.25, -0.2) is 16.8 Å². The zero-order chi connectivity index (χ0) is 15.3. The molecule has 0 spiro atoms. The van der Waals surface area contributed by atoms with Crippen LogP contribution in [0.1, 0.15) is 19.3 Å². The summed E-state index contributed by atoms with van der Waals surface area (Å²) >= 11 is 3.28. The van der Waals surface area contributed by atoms with Gasteiger partial charge in [-0.2, -0.15) is 4.31 Å². The van der Waals surface area contributed by atoms with Crippen LogP contribution in [0, 0.1) is 0 Å². The minimum absolute atomic E-state index is 0.0488. The molecule has 1 atom stereocenters. The summed E-state index contributed by atoms with van der Waals surface area (Å²) in [6.07, 6.45) is 2.01. The smallest absolute Gasteiger partial charge is 0.229 e. The van der Waals surface area contributed by atoms with Crippen molar-refractivity contribution in [1.82, 2.24) is 4.31 Å². The highest BCUT2D eigenvalue weighted by Crippen LogP contribution is 2.37. The van der Waals surface area contributed by atoms with Crippen molar-refractivity contribution < 1.29 is 16.8 Å². The summed E-state index contributed by atoms with van der Waals surface area (Å²) in [6, 6.07) is 6.08. The molecule has 0 radical (unpaired) electrons. The third kappa shape index (κ3) is 3.18. The fraction of sp³-hybridized carbons (Fsp3) is 0.538. The van der Waals surface area contributed by atoms with Crippen LogP contribution in [0.5, 0.6) is 0 Å². The van der Waals surface area contributed by atoms with Crippen LogP contribution in [0.2, 0.25) is 0 Å². The van der Waals surface area contributed by atoms with Crippen LogP contribution in [0.15, 0.2) is 33.6 Å². The van der Waals surface area contributed by atoms with Crippen LogP contribution in [0.4, 0.5) is 0 Å². The average Bonchev–Trinajstić information content (AvgIpc) is 3.14. The van der Waals surface area contributed by atoms with Gasteiger partial charge < -0.3 is 0 Å². The monoisotopic (exact) mass is 393 g/mol. The molecular formula is C13H16BrNO4S2. The van der Waals surface area contributed by atoms with Crippen molar-refractivity contribution in [2.45, 2.75) is 36.2 Å². The van der Waals surface area contributed by atoms with Crippen molar-refractivity contribution in [3.8, 4) is 0 Å². The quantitative estimate of drug-likeness (QED) is 0.781. The molecule has 0 aromatic heterocycles. The summed E-state index contributed by atoms with van der Waals surface area (Å²) in [5.74, 6) is 0.0195. The summed E-state index contributed by atoms with van der Waals surface area (Å²) in [4.78, 5) is 0.216. The van der Waals surface area contributed by atoms with Crippen molar-refractivity contribution in [2.24, 2.45) is 0 Å². The van der Waals surface area contributed by atoms with Crippen molar-refractivity contribution in [3.05, 3.63) is 28.7 Å². The number of benzene rings is 1. The first-order valence-corrected chi connectivity index (χ1v) is 10.8. The Labute approximate surface area is 133 Å². The molecule has 1 saturated carbocycles. The first-order valence-electron chi connectivity index (χ1n) is 6.79. The van der Waals surface area contributed by atoms with E-state index >= 15 is 0 Å². The Balaban J connectivity index is 1.98. The molecule has 5 nitrogen and oxygen atoms in total. The molecule has 1 saturated heterocycles. The third-order valence-electron chi connectivity index (χ3n) is 3.85. The van der Waals surface area contributed by atoms with Crippen LogP contribution in [-0.2, 0) is 19.9 Å². The number of sulfonamides is 1. The molecule has 116 valence electrons. The minimum Gasteiger partial charge on any atom is -0.229 e. The Bertz CT molecular complexity index is 756. The Morgan fingerprint density at radius 3 is 2.38 bits per heavy atom. The molecule has 8 heteroatoms. The fourth-order valence-electron chi connectivity index (χ4n) is 2.74. The normalized spacial score (nSPS) is 25.3. The van der Waals surface area contributed by atoms with E-state index in [2.05, 4.69) is 15.9 Å². The predicted octanol–water partition coefficient (Wildman–Crippen LogP) is 1.79. The second kappa shape index (κ2) is 5.33. The molecule has 3 rings (SSSR count). The molecule has 1 heterocycles. The molecular weight excluding hydrogens is 378 g/mol. The van der Waals surface area contributed by atoms with Gasteiger partial charge in [-0.15, -0.1) is 0 Å². The van der Waals surface area contributed by atoms with E-state index in [1.165, 1.54) is 4.31 Å². The van der Waals surface area contributed by atoms with Gasteiger partial charge in [-0.1, -0.05) is 22.0 Å². The number of hydrogen-bond donors (Lipinski definition) is 0. The van der Waals surface area contributed by atoms with E-state index in [-0.39, 0.29) is 22.4 Å². The van der Waals surface area contributed by atoms with E-state index in [9.17, 15) is 16.8 Å². The molecule has 0 bridgehead atoms. The van der Waals surface area contributed by atoms with Gasteiger partial charge >= 0.3 is 0 Å². The van der Waals surface area contributed by atoms with Gasteiger partial charge in [-0.3, -0.25) is 0 Å². The maximum Gasteiger partial charge on any atom is 0.243 e. The molecule has 2 fully saturated rings. The second-order valence-electron chi connectivity index (χ2n) is 5.58. The van der Waals surface area contributed by atoms with Crippen LogP contribution in [0.25, 0.3) is 0 Å². The summed E-state index contributed by atoms with van der Waals surface area (Å²) in [5.41, 5.74) is 0. The van der Waals surface area contributed by atoms with Gasteiger partial charge in [0.05, 0.1) is 16.4 Å². The number of nitrogens with zero attached hydrogens (tertiary/aromatic N) is 1. The molecule has 0 N–H and O–H groups in total. The van der Waals surface area contributed by atoms with Crippen molar-refractivity contribution in [1.29, 1.82) is 0 Å². The van der Waals surface area contributed by atoms with Crippen molar-refractivity contribution in [2.75, 3.05) is 11.5 Å². The van der Waals surface area contributed by atoms with E-state index in [4.69, 9.17) is 0 Å². The second-order valence-corrected chi connectivity index (χ2v) is 10.6. The third-order valence-corrected chi connectivity index (χ3v) is 8.09. The molecule has 1 aromatic rings. The van der Waals surface area contributed by atoms with E-state index < -0.39 is 25.9 Å². The van der Waals surface area contributed by atoms with Crippen LogP contribution in [-0.4, -0.2) is 44.7 Å². The minimum atomic E-state index is -3.66. The first-order chi connectivity index (χ1) is 9.79. The lowest BCUT2D eigenvalue weighted by atomic mass is 10.2. The summed E-state index contributed by atoms with van der Waals surface area (Å²) < 4.78 is 51.2. The van der Waals surface area contributed by atoms with Gasteiger partial charge in [-0.05, 0) is 37.5 Å². The van der Waals surface area contributed by atoms with Gasteiger partial charge in [0, 0.05) is 16.6 Å². The lowest BCUT2D eigenvalue weighted by Crippen LogP contribution is -2.42. The van der Waals surface area contributed by atoms with E-state index in [0.29, 0.717) is 10.9 Å². The maximum absolute atomic E-state index is 12.9. The largest absolute Gasteiger partial charge is 0.243 e. The Hall–Kier alpha value is -0.440. The van der Waals surface area contributed by atoms with Gasteiger partial charge in [0.2, 0.25) is 10.0 Å². The summed E-state index contributed by atoms with van der Waals surface area (Å²) in [7, 11) is -6.77. The Morgan fingerprint density at radius 2 is 1.86 bits per heavy atom. The van der Waals surface area contributed by atoms with Crippen LogP contribution in [0.3, 0.4) is 0 Å². The average molecular weight is 394 g/mol. The van der Waals surface area contributed by atoms with Gasteiger partial charge in [0.25, 0.3) is 0 Å². The topological polar surface area (TPSA) is 71.5 Å². The standard InChI is InChI=1S/C13H16BrNO4S2/c14-10-2-1-3-13(8-10)21(18,19)15(11-4-5-11)12-6-7-20(16,17)9-12/h1-3,8,11-12H,4-7,9H2/t12-/m1/s1. The number of halogens is 1. The lowest BCUT2D eigenvalue weighted by molar-refractivity contribution is 0.332. The molecule has 0 amide bonds. The molecule has 21 heavy (non-hydrogen) atoms. The lowest BCUT2D eigenvalue weighted by Gasteiger charge is -2.27. The molecule has 0 unspecified atom stereocenters. The highest BCUT2D eigenvalue weighted by Gasteiger charge is 2.46. The van der Waals surface area contributed by atoms with E-state index in [0.717, 1.165) is 12.8 Å². The van der Waals surface area contributed by atoms with E-state index in [1.54, 1.807) is 24.3 Å². The highest BCUT2D eigenvalue weighted by atomic mass is 79.9. The van der Waals surface area contributed by atoms with Crippen molar-refractivity contribution in [3.63, 3.8) is 0 Å². The molecule has 1 aromatic carbocycles.